The van der Waals surface area contributed by atoms with Crippen LogP contribution in [0.5, 0.6) is 5.75 Å². The maximum absolute atomic E-state index is 5.68. The maximum atomic E-state index is 5.68. The van der Waals surface area contributed by atoms with Gasteiger partial charge in [0.15, 0.2) is 0 Å². The number of hydrazone groups is 1. The summed E-state index contributed by atoms with van der Waals surface area (Å²) in [6, 6.07) is 7.91. The molecule has 2 aromatic rings. The molecule has 0 fully saturated rings. The zero-order chi connectivity index (χ0) is 15.1. The van der Waals surface area contributed by atoms with Crippen molar-refractivity contribution in [2.45, 2.75) is 27.2 Å². The highest BCUT2D eigenvalue weighted by molar-refractivity contribution is 7.13. The molecule has 0 spiro atoms. The highest BCUT2D eigenvalue weighted by Gasteiger charge is 1.97. The Morgan fingerprint density at radius 1 is 1.33 bits per heavy atom. The summed E-state index contributed by atoms with van der Waals surface area (Å²) in [7, 11) is 0. The SMILES string of the molecule is Cc1csc(NN=Cc2ccc(OCCC(C)C)cc2)n1. The number of aryl methyl sites for hydroxylation is 1. The highest BCUT2D eigenvalue weighted by Crippen LogP contribution is 2.15. The summed E-state index contributed by atoms with van der Waals surface area (Å²) in [6.45, 7) is 7.11. The molecule has 21 heavy (non-hydrogen) atoms. The zero-order valence-corrected chi connectivity index (χ0v) is 13.5. The summed E-state index contributed by atoms with van der Waals surface area (Å²) in [5, 5.41) is 6.96. The average Bonchev–Trinajstić information content (AvgIpc) is 2.86. The van der Waals surface area contributed by atoms with E-state index < -0.39 is 0 Å². The number of anilines is 1. The van der Waals surface area contributed by atoms with Gasteiger partial charge in [-0.05, 0) is 49.1 Å². The van der Waals surface area contributed by atoms with Crippen LogP contribution in [0, 0.1) is 12.8 Å². The number of benzene rings is 1. The van der Waals surface area contributed by atoms with Gasteiger partial charge in [-0.15, -0.1) is 11.3 Å². The normalized spacial score (nSPS) is 11.2. The van der Waals surface area contributed by atoms with E-state index in [1.165, 1.54) is 0 Å². The molecule has 0 atom stereocenters. The minimum atomic E-state index is 0.664. The lowest BCUT2D eigenvalue weighted by Gasteiger charge is -2.07. The number of rotatable bonds is 7. The molecule has 5 heteroatoms. The third-order valence-electron chi connectivity index (χ3n) is 2.84. The van der Waals surface area contributed by atoms with Gasteiger partial charge in [-0.25, -0.2) is 4.98 Å². The van der Waals surface area contributed by atoms with Crippen LogP contribution in [0.3, 0.4) is 0 Å². The molecule has 0 saturated carbocycles. The summed E-state index contributed by atoms with van der Waals surface area (Å²) in [5.74, 6) is 1.56. The molecule has 2 rings (SSSR count). The fourth-order valence-electron chi connectivity index (χ4n) is 1.63. The molecule has 1 N–H and O–H groups in total. The minimum Gasteiger partial charge on any atom is -0.494 e. The molecule has 0 aliphatic carbocycles. The number of thiazole rings is 1. The zero-order valence-electron chi connectivity index (χ0n) is 12.7. The van der Waals surface area contributed by atoms with Crippen molar-refractivity contribution in [3.63, 3.8) is 0 Å². The van der Waals surface area contributed by atoms with Gasteiger partial charge in [0.2, 0.25) is 5.13 Å². The van der Waals surface area contributed by atoms with Crippen LogP contribution in [0.1, 0.15) is 31.5 Å². The fourth-order valence-corrected chi connectivity index (χ4v) is 2.27. The van der Waals surface area contributed by atoms with E-state index in [-0.39, 0.29) is 0 Å². The van der Waals surface area contributed by atoms with Gasteiger partial charge in [-0.1, -0.05) is 13.8 Å². The van der Waals surface area contributed by atoms with Gasteiger partial charge < -0.3 is 4.74 Å². The molecule has 0 unspecified atom stereocenters. The fraction of sp³-hybridized carbons (Fsp3) is 0.375. The molecular formula is C16H21N3OS. The van der Waals surface area contributed by atoms with Crippen molar-refractivity contribution in [3.05, 3.63) is 40.9 Å². The van der Waals surface area contributed by atoms with Crippen molar-refractivity contribution >= 4 is 22.7 Å². The summed E-state index contributed by atoms with van der Waals surface area (Å²) < 4.78 is 5.68. The number of nitrogens with zero attached hydrogens (tertiary/aromatic N) is 2. The van der Waals surface area contributed by atoms with E-state index in [0.717, 1.165) is 35.2 Å². The van der Waals surface area contributed by atoms with E-state index in [1.54, 1.807) is 17.6 Å². The van der Waals surface area contributed by atoms with Crippen LogP contribution in [-0.4, -0.2) is 17.8 Å². The maximum Gasteiger partial charge on any atom is 0.203 e. The standard InChI is InChI=1S/C16H21N3OS/c1-12(2)8-9-20-15-6-4-14(5-7-15)10-17-19-16-18-13(3)11-21-16/h4-7,10-12H,8-9H2,1-3H3,(H,18,19). The van der Waals surface area contributed by atoms with Crippen LogP contribution < -0.4 is 10.2 Å². The first-order valence-electron chi connectivity index (χ1n) is 7.07. The Kier molecular flexibility index (Phi) is 5.75. The molecular weight excluding hydrogens is 282 g/mol. The van der Waals surface area contributed by atoms with Crippen LogP contribution >= 0.6 is 11.3 Å². The third kappa shape index (κ3) is 5.55. The van der Waals surface area contributed by atoms with Crippen LogP contribution in [0.2, 0.25) is 0 Å². The van der Waals surface area contributed by atoms with Crippen molar-refractivity contribution in [1.29, 1.82) is 0 Å². The van der Waals surface area contributed by atoms with Crippen molar-refractivity contribution < 1.29 is 4.74 Å². The molecule has 1 aromatic heterocycles. The van der Waals surface area contributed by atoms with Crippen LogP contribution in [0.4, 0.5) is 5.13 Å². The smallest absolute Gasteiger partial charge is 0.203 e. The molecule has 0 aliphatic heterocycles. The molecule has 1 aromatic carbocycles. The topological polar surface area (TPSA) is 46.5 Å². The van der Waals surface area contributed by atoms with Gasteiger partial charge in [-0.3, -0.25) is 5.43 Å². The molecule has 0 saturated heterocycles. The van der Waals surface area contributed by atoms with Crippen LogP contribution in [-0.2, 0) is 0 Å². The van der Waals surface area contributed by atoms with Crippen LogP contribution in [0.15, 0.2) is 34.7 Å². The van der Waals surface area contributed by atoms with Gasteiger partial charge in [0, 0.05) is 5.38 Å². The lowest BCUT2D eigenvalue weighted by Crippen LogP contribution is -2.01. The summed E-state index contributed by atoms with van der Waals surface area (Å²) in [5.41, 5.74) is 4.94. The van der Waals surface area contributed by atoms with Gasteiger partial charge in [0.05, 0.1) is 18.5 Å². The lowest BCUT2D eigenvalue weighted by atomic mass is 10.1. The van der Waals surface area contributed by atoms with E-state index in [0.29, 0.717) is 5.92 Å². The monoisotopic (exact) mass is 303 g/mol. The number of hydrogen-bond donors (Lipinski definition) is 1. The van der Waals surface area contributed by atoms with Crippen LogP contribution in [0.25, 0.3) is 0 Å². The predicted octanol–water partition coefficient (Wildman–Crippen LogP) is 4.32. The van der Waals surface area contributed by atoms with E-state index in [2.05, 4.69) is 29.4 Å². The Hall–Kier alpha value is -1.88. The third-order valence-corrected chi connectivity index (χ3v) is 3.70. The van der Waals surface area contributed by atoms with Crippen molar-refractivity contribution in [1.82, 2.24) is 4.98 Å². The van der Waals surface area contributed by atoms with Gasteiger partial charge >= 0.3 is 0 Å². The van der Waals surface area contributed by atoms with Gasteiger partial charge in [0.25, 0.3) is 0 Å². The molecule has 0 amide bonds. The van der Waals surface area contributed by atoms with Crippen molar-refractivity contribution in [3.8, 4) is 5.75 Å². The minimum absolute atomic E-state index is 0.664. The first-order chi connectivity index (χ1) is 10.1. The highest BCUT2D eigenvalue weighted by atomic mass is 32.1. The van der Waals surface area contributed by atoms with Gasteiger partial charge in [-0.2, -0.15) is 5.10 Å². The summed E-state index contributed by atoms with van der Waals surface area (Å²) in [6.07, 6.45) is 2.84. The van der Waals surface area contributed by atoms with E-state index in [9.17, 15) is 0 Å². The number of nitrogens with one attached hydrogen (secondary N) is 1. The largest absolute Gasteiger partial charge is 0.494 e. The molecule has 0 aliphatic rings. The summed E-state index contributed by atoms with van der Waals surface area (Å²) in [4.78, 5) is 4.28. The first-order valence-corrected chi connectivity index (χ1v) is 7.95. The Morgan fingerprint density at radius 3 is 2.71 bits per heavy atom. The molecule has 112 valence electrons. The average molecular weight is 303 g/mol. The van der Waals surface area contributed by atoms with E-state index >= 15 is 0 Å². The lowest BCUT2D eigenvalue weighted by molar-refractivity contribution is 0.289. The van der Waals surface area contributed by atoms with E-state index in [1.807, 2.05) is 36.6 Å². The number of aromatic nitrogens is 1. The molecule has 0 bridgehead atoms. The summed E-state index contributed by atoms with van der Waals surface area (Å²) >= 11 is 1.54. The van der Waals surface area contributed by atoms with Crippen molar-refractivity contribution in [2.24, 2.45) is 11.0 Å². The quantitative estimate of drug-likeness (QED) is 0.612. The molecule has 0 radical (unpaired) electrons. The number of ether oxygens (including phenoxy) is 1. The second-order valence-corrected chi connectivity index (χ2v) is 6.12. The second-order valence-electron chi connectivity index (χ2n) is 5.26. The van der Waals surface area contributed by atoms with Gasteiger partial charge in [0.1, 0.15) is 5.75 Å². The Labute approximate surface area is 129 Å². The van der Waals surface area contributed by atoms with Crippen molar-refractivity contribution in [2.75, 3.05) is 12.0 Å². The molecule has 1 heterocycles. The Morgan fingerprint density at radius 2 is 2.10 bits per heavy atom. The van der Waals surface area contributed by atoms with E-state index in [4.69, 9.17) is 4.74 Å². The first kappa shape index (κ1) is 15.5. The number of hydrogen-bond acceptors (Lipinski definition) is 5. The molecule has 4 nitrogen and oxygen atoms in total. The second kappa shape index (κ2) is 7.78. The Balaban J connectivity index is 1.81. The Bertz CT molecular complexity index is 575. The predicted molar refractivity (Wildman–Crippen MR) is 89.5 cm³/mol.